The molecule has 0 aromatic rings. The zero-order valence-corrected chi connectivity index (χ0v) is 13.9. The van der Waals surface area contributed by atoms with Gasteiger partial charge in [-0.2, -0.15) is 10.5 Å². The predicted octanol–water partition coefficient (Wildman–Crippen LogP) is 1.55. The van der Waals surface area contributed by atoms with Crippen LogP contribution in [-0.4, -0.2) is 53.7 Å². The Morgan fingerprint density at radius 2 is 1.83 bits per heavy atom. The van der Waals surface area contributed by atoms with Gasteiger partial charge in [-0.05, 0) is 33.6 Å². The third kappa shape index (κ3) is 4.07. The monoisotopic (exact) mass is 317 g/mol. The molecule has 2 aliphatic heterocycles. The van der Waals surface area contributed by atoms with Crippen LogP contribution in [0.4, 0.5) is 4.79 Å². The Labute approximate surface area is 137 Å². The maximum atomic E-state index is 12.1. The fourth-order valence-corrected chi connectivity index (χ4v) is 2.92. The van der Waals surface area contributed by atoms with Gasteiger partial charge in [-0.15, -0.1) is 0 Å². The summed E-state index contributed by atoms with van der Waals surface area (Å²) < 4.78 is 5.40. The average molecular weight is 317 g/mol. The van der Waals surface area contributed by atoms with Gasteiger partial charge in [0, 0.05) is 32.2 Å². The minimum absolute atomic E-state index is 0.122. The van der Waals surface area contributed by atoms with Crippen LogP contribution in [0.3, 0.4) is 0 Å². The molecule has 124 valence electrons. The summed E-state index contributed by atoms with van der Waals surface area (Å²) in [5.74, 6) is 0.630. The van der Waals surface area contributed by atoms with Crippen molar-refractivity contribution < 1.29 is 9.53 Å². The first-order valence-corrected chi connectivity index (χ1v) is 7.88. The summed E-state index contributed by atoms with van der Waals surface area (Å²) in [7, 11) is 0. The lowest BCUT2D eigenvalue weighted by Crippen LogP contribution is -2.47. The zero-order valence-electron chi connectivity index (χ0n) is 13.9. The number of nitrogens with one attached hydrogen (secondary N) is 1. The molecule has 7 nitrogen and oxygen atoms in total. The zero-order chi connectivity index (χ0) is 17.0. The van der Waals surface area contributed by atoms with E-state index in [2.05, 4.69) is 10.2 Å². The topological polar surface area (TPSA) is 92.4 Å². The van der Waals surface area contributed by atoms with E-state index in [0.29, 0.717) is 18.9 Å². The van der Waals surface area contributed by atoms with Crippen molar-refractivity contribution in [3.05, 3.63) is 11.4 Å². The van der Waals surface area contributed by atoms with Crippen LogP contribution in [0.15, 0.2) is 11.4 Å². The van der Waals surface area contributed by atoms with Crippen molar-refractivity contribution >= 4 is 6.09 Å². The Morgan fingerprint density at radius 3 is 2.35 bits per heavy atom. The molecule has 2 fully saturated rings. The predicted molar refractivity (Wildman–Crippen MR) is 83.8 cm³/mol. The molecule has 0 radical (unpaired) electrons. The summed E-state index contributed by atoms with van der Waals surface area (Å²) in [6, 6.07) is 4.12. The third-order valence-electron chi connectivity index (χ3n) is 3.95. The fraction of sp³-hybridized carbons (Fsp3) is 0.688. The lowest BCUT2D eigenvalue weighted by molar-refractivity contribution is 0.0167. The molecule has 1 N–H and O–H groups in total. The van der Waals surface area contributed by atoms with Gasteiger partial charge in [0.15, 0.2) is 5.57 Å². The lowest BCUT2D eigenvalue weighted by atomic mass is 10.0. The highest BCUT2D eigenvalue weighted by molar-refractivity contribution is 5.68. The number of rotatable bonds is 1. The van der Waals surface area contributed by atoms with Gasteiger partial charge in [-0.3, -0.25) is 0 Å². The lowest BCUT2D eigenvalue weighted by Gasteiger charge is -2.38. The van der Waals surface area contributed by atoms with E-state index in [1.807, 2.05) is 32.9 Å². The maximum Gasteiger partial charge on any atom is 0.410 e. The first kappa shape index (κ1) is 17.0. The van der Waals surface area contributed by atoms with Crippen LogP contribution in [-0.2, 0) is 4.74 Å². The summed E-state index contributed by atoms with van der Waals surface area (Å²) in [5.41, 5.74) is -0.367. The second kappa shape index (κ2) is 6.78. The number of piperidine rings is 1. The van der Waals surface area contributed by atoms with Crippen LogP contribution in [0.25, 0.3) is 0 Å². The van der Waals surface area contributed by atoms with Crippen LogP contribution in [0.5, 0.6) is 0 Å². The molecule has 2 heterocycles. The van der Waals surface area contributed by atoms with E-state index in [9.17, 15) is 4.79 Å². The van der Waals surface area contributed by atoms with E-state index in [1.165, 1.54) is 0 Å². The summed E-state index contributed by atoms with van der Waals surface area (Å²) in [4.78, 5) is 15.9. The van der Waals surface area contributed by atoms with Crippen molar-refractivity contribution in [1.29, 1.82) is 10.5 Å². The number of nitriles is 2. The molecule has 2 aliphatic rings. The smallest absolute Gasteiger partial charge is 0.410 e. The Morgan fingerprint density at radius 1 is 1.22 bits per heavy atom. The fourth-order valence-electron chi connectivity index (χ4n) is 2.92. The van der Waals surface area contributed by atoms with Crippen LogP contribution >= 0.6 is 0 Å². The molecule has 2 rings (SSSR count). The minimum Gasteiger partial charge on any atom is -0.444 e. The van der Waals surface area contributed by atoms with E-state index in [1.54, 1.807) is 4.90 Å². The highest BCUT2D eigenvalue weighted by Gasteiger charge is 2.33. The summed E-state index contributed by atoms with van der Waals surface area (Å²) in [6.45, 7) is 8.32. The highest BCUT2D eigenvalue weighted by Crippen LogP contribution is 2.24. The summed E-state index contributed by atoms with van der Waals surface area (Å²) >= 11 is 0. The summed E-state index contributed by atoms with van der Waals surface area (Å²) in [6.07, 6.45) is 1.32. The van der Waals surface area contributed by atoms with E-state index < -0.39 is 5.60 Å². The molecule has 0 aliphatic carbocycles. The van der Waals surface area contributed by atoms with E-state index in [0.717, 1.165) is 25.9 Å². The molecular weight excluding hydrogens is 294 g/mol. The van der Waals surface area contributed by atoms with E-state index in [-0.39, 0.29) is 17.7 Å². The maximum absolute atomic E-state index is 12.1. The van der Waals surface area contributed by atoms with Crippen LogP contribution in [0, 0.1) is 22.7 Å². The van der Waals surface area contributed by atoms with Crippen LogP contribution in [0.1, 0.15) is 33.6 Å². The Balaban J connectivity index is 1.97. The Hall–Kier alpha value is -2.41. The summed E-state index contributed by atoms with van der Waals surface area (Å²) in [5, 5.41) is 21.2. The molecule has 0 spiro atoms. The standard InChI is InChI=1S/C16H23N5O2/c1-16(2,3)23-15(22)20-7-4-13(5-8-20)21-9-6-19-14(21)12(10-17)11-18/h13,19H,4-9H2,1-3H3. The molecule has 7 heteroatoms. The van der Waals surface area contributed by atoms with E-state index >= 15 is 0 Å². The highest BCUT2D eigenvalue weighted by atomic mass is 16.6. The molecular formula is C16H23N5O2. The van der Waals surface area contributed by atoms with Gasteiger partial charge in [0.05, 0.1) is 0 Å². The number of nitrogens with zero attached hydrogens (tertiary/aromatic N) is 4. The number of ether oxygens (including phenoxy) is 1. The van der Waals surface area contributed by atoms with Gasteiger partial charge in [-0.1, -0.05) is 0 Å². The van der Waals surface area contributed by atoms with Gasteiger partial charge in [0.2, 0.25) is 0 Å². The number of amides is 1. The number of carbonyl (C=O) groups excluding carboxylic acids is 1. The largest absolute Gasteiger partial charge is 0.444 e. The van der Waals surface area contributed by atoms with Crippen molar-refractivity contribution in [2.24, 2.45) is 0 Å². The minimum atomic E-state index is -0.489. The van der Waals surface area contributed by atoms with Crippen molar-refractivity contribution in [1.82, 2.24) is 15.1 Å². The first-order chi connectivity index (χ1) is 10.9. The van der Waals surface area contributed by atoms with Gasteiger partial charge in [0.25, 0.3) is 0 Å². The third-order valence-corrected chi connectivity index (χ3v) is 3.95. The van der Waals surface area contributed by atoms with E-state index in [4.69, 9.17) is 15.3 Å². The molecule has 1 amide bonds. The van der Waals surface area contributed by atoms with Gasteiger partial charge < -0.3 is 19.9 Å². The van der Waals surface area contributed by atoms with Gasteiger partial charge in [-0.25, -0.2) is 4.79 Å². The second-order valence-electron chi connectivity index (χ2n) is 6.77. The quantitative estimate of drug-likeness (QED) is 0.738. The molecule has 0 bridgehead atoms. The van der Waals surface area contributed by atoms with Gasteiger partial charge in [0.1, 0.15) is 23.6 Å². The average Bonchev–Trinajstić information content (AvgIpc) is 2.96. The molecule has 0 aromatic heterocycles. The number of carbonyl (C=O) groups is 1. The molecule has 0 atom stereocenters. The number of hydrogen-bond acceptors (Lipinski definition) is 6. The normalized spacial score (nSPS) is 18.9. The van der Waals surface area contributed by atoms with Crippen molar-refractivity contribution in [2.45, 2.75) is 45.3 Å². The Bertz CT molecular complexity index is 555. The first-order valence-electron chi connectivity index (χ1n) is 7.88. The molecule has 0 unspecified atom stereocenters. The van der Waals surface area contributed by atoms with Crippen molar-refractivity contribution in [2.75, 3.05) is 26.2 Å². The van der Waals surface area contributed by atoms with Crippen molar-refractivity contribution in [3.8, 4) is 12.1 Å². The number of hydrogen-bond donors (Lipinski definition) is 1. The molecule has 0 aromatic carbocycles. The molecule has 2 saturated heterocycles. The SMILES string of the molecule is CC(C)(C)OC(=O)N1CCC(N2CCNC2=C(C#N)C#N)CC1. The second-order valence-corrected chi connectivity index (χ2v) is 6.77. The number of likely N-dealkylation sites (tertiary alicyclic amines) is 1. The Kier molecular flexibility index (Phi) is 5.00. The molecule has 23 heavy (non-hydrogen) atoms. The van der Waals surface area contributed by atoms with Crippen molar-refractivity contribution in [3.63, 3.8) is 0 Å². The van der Waals surface area contributed by atoms with Crippen LogP contribution in [0.2, 0.25) is 0 Å². The van der Waals surface area contributed by atoms with Crippen LogP contribution < -0.4 is 5.32 Å². The molecule has 0 saturated carbocycles. The van der Waals surface area contributed by atoms with Gasteiger partial charge >= 0.3 is 6.09 Å². The number of allylic oxidation sites excluding steroid dienone is 1.